The van der Waals surface area contributed by atoms with Crippen LogP contribution in [0.25, 0.3) is 10.9 Å². The number of aliphatic hydroxyl groups is 1. The fraction of sp³-hybridized carbons (Fsp3) is 0.176. The first kappa shape index (κ1) is 16.8. The Kier molecular flexibility index (Phi) is 4.90. The first-order valence-corrected chi connectivity index (χ1v) is 7.47. The molecular formula is C17H15F2N3O3. The van der Waals surface area contributed by atoms with E-state index in [1.54, 1.807) is 24.4 Å². The van der Waals surface area contributed by atoms with Crippen molar-refractivity contribution in [3.05, 3.63) is 59.8 Å². The molecule has 1 unspecified atom stereocenters. The average Bonchev–Trinajstić information content (AvgIpc) is 3.07. The third-order valence-corrected chi connectivity index (χ3v) is 3.65. The zero-order valence-corrected chi connectivity index (χ0v) is 12.9. The smallest absolute Gasteiger partial charge is 0.387 e. The number of rotatable bonds is 6. The number of benzene rings is 2. The molecule has 0 saturated heterocycles. The van der Waals surface area contributed by atoms with Crippen LogP contribution in [0.5, 0.6) is 5.75 Å². The molecule has 130 valence electrons. The second-order valence-electron chi connectivity index (χ2n) is 5.32. The van der Waals surface area contributed by atoms with E-state index in [0.29, 0.717) is 16.6 Å². The summed E-state index contributed by atoms with van der Waals surface area (Å²) >= 11 is 0. The highest BCUT2D eigenvalue weighted by Crippen LogP contribution is 2.21. The highest BCUT2D eigenvalue weighted by atomic mass is 19.3. The molecule has 0 aliphatic heterocycles. The predicted octanol–water partition coefficient (Wildman–Crippen LogP) is 2.63. The van der Waals surface area contributed by atoms with Gasteiger partial charge in [0.1, 0.15) is 5.75 Å². The number of hydrogen-bond acceptors (Lipinski definition) is 4. The number of ether oxygens (including phenoxy) is 1. The molecule has 3 N–H and O–H groups in total. The molecule has 1 amide bonds. The van der Waals surface area contributed by atoms with Crippen LogP contribution in [0.2, 0.25) is 0 Å². The van der Waals surface area contributed by atoms with Crippen molar-refractivity contribution in [3.8, 4) is 5.75 Å². The van der Waals surface area contributed by atoms with Crippen LogP contribution in [-0.4, -0.2) is 34.4 Å². The lowest BCUT2D eigenvalue weighted by atomic mass is 10.1. The van der Waals surface area contributed by atoms with Crippen LogP contribution >= 0.6 is 0 Å². The number of aromatic nitrogens is 2. The third kappa shape index (κ3) is 3.92. The second-order valence-corrected chi connectivity index (χ2v) is 5.32. The molecule has 8 heteroatoms. The van der Waals surface area contributed by atoms with Crippen LogP contribution in [0.4, 0.5) is 8.78 Å². The van der Waals surface area contributed by atoms with Crippen LogP contribution in [0, 0.1) is 0 Å². The van der Waals surface area contributed by atoms with Gasteiger partial charge < -0.3 is 15.2 Å². The van der Waals surface area contributed by atoms with E-state index < -0.39 is 12.7 Å². The summed E-state index contributed by atoms with van der Waals surface area (Å²) in [5.74, 6) is -0.436. The molecule has 0 aliphatic carbocycles. The van der Waals surface area contributed by atoms with Crippen LogP contribution in [-0.2, 0) is 0 Å². The fourth-order valence-corrected chi connectivity index (χ4v) is 2.46. The summed E-state index contributed by atoms with van der Waals surface area (Å²) in [6.45, 7) is -3.02. The van der Waals surface area contributed by atoms with Gasteiger partial charge in [0, 0.05) is 11.9 Å². The van der Waals surface area contributed by atoms with E-state index in [-0.39, 0.29) is 18.2 Å². The van der Waals surface area contributed by atoms with Crippen molar-refractivity contribution < 1.29 is 23.4 Å². The molecule has 0 bridgehead atoms. The molecule has 1 heterocycles. The topological polar surface area (TPSA) is 87.2 Å². The van der Waals surface area contributed by atoms with E-state index in [2.05, 4.69) is 20.3 Å². The Hall–Kier alpha value is -3.00. The van der Waals surface area contributed by atoms with E-state index >= 15 is 0 Å². The number of para-hydroxylation sites is 1. The molecule has 25 heavy (non-hydrogen) atoms. The predicted molar refractivity (Wildman–Crippen MR) is 86.5 cm³/mol. The molecule has 3 rings (SSSR count). The fourth-order valence-electron chi connectivity index (χ4n) is 2.46. The van der Waals surface area contributed by atoms with Crippen LogP contribution in [0.15, 0.2) is 48.7 Å². The first-order chi connectivity index (χ1) is 12.0. The largest absolute Gasteiger partial charge is 0.435 e. The lowest BCUT2D eigenvalue weighted by Crippen LogP contribution is -2.28. The number of halogens is 2. The average molecular weight is 347 g/mol. The van der Waals surface area contributed by atoms with Crippen molar-refractivity contribution in [1.82, 2.24) is 15.5 Å². The standard InChI is InChI=1S/C17H15F2N3O3/c18-17(19)25-12-5-1-3-10(7-12)14(23)9-20-16(24)13-6-2-4-11-8-21-22-15(11)13/h1-8,14,17,23H,9H2,(H,20,24)(H,21,22). The number of amides is 1. The number of alkyl halides is 2. The zero-order chi connectivity index (χ0) is 17.8. The Morgan fingerprint density at radius 3 is 2.88 bits per heavy atom. The Balaban J connectivity index is 1.67. The van der Waals surface area contributed by atoms with E-state index in [1.165, 1.54) is 18.2 Å². The molecule has 2 aromatic carbocycles. The van der Waals surface area contributed by atoms with E-state index in [0.717, 1.165) is 5.39 Å². The van der Waals surface area contributed by atoms with Gasteiger partial charge in [-0.3, -0.25) is 9.89 Å². The van der Waals surface area contributed by atoms with Gasteiger partial charge in [-0.25, -0.2) is 0 Å². The van der Waals surface area contributed by atoms with Gasteiger partial charge in [0.15, 0.2) is 0 Å². The van der Waals surface area contributed by atoms with Crippen molar-refractivity contribution in [2.75, 3.05) is 6.54 Å². The van der Waals surface area contributed by atoms with Crippen LogP contribution in [0.1, 0.15) is 22.0 Å². The molecule has 6 nitrogen and oxygen atoms in total. The molecule has 0 aliphatic rings. The number of nitrogens with one attached hydrogen (secondary N) is 2. The number of carbonyl (C=O) groups excluding carboxylic acids is 1. The summed E-state index contributed by atoms with van der Waals surface area (Å²) in [6.07, 6.45) is 0.543. The number of fused-ring (bicyclic) bond motifs is 1. The molecule has 3 aromatic rings. The minimum absolute atomic E-state index is 0.0555. The summed E-state index contributed by atoms with van der Waals surface area (Å²) in [6, 6.07) is 10.9. The summed E-state index contributed by atoms with van der Waals surface area (Å²) < 4.78 is 28.8. The lowest BCUT2D eigenvalue weighted by molar-refractivity contribution is -0.0499. The van der Waals surface area contributed by atoms with Crippen molar-refractivity contribution in [2.24, 2.45) is 0 Å². The monoisotopic (exact) mass is 347 g/mol. The third-order valence-electron chi connectivity index (χ3n) is 3.65. The Morgan fingerprint density at radius 1 is 1.28 bits per heavy atom. The Morgan fingerprint density at radius 2 is 2.08 bits per heavy atom. The van der Waals surface area contributed by atoms with Gasteiger partial charge in [0.05, 0.1) is 23.4 Å². The van der Waals surface area contributed by atoms with Crippen molar-refractivity contribution in [2.45, 2.75) is 12.7 Å². The first-order valence-electron chi connectivity index (χ1n) is 7.47. The minimum Gasteiger partial charge on any atom is -0.435 e. The molecule has 0 radical (unpaired) electrons. The van der Waals surface area contributed by atoms with Gasteiger partial charge in [0.2, 0.25) is 0 Å². The Bertz CT molecular complexity index is 882. The number of nitrogens with zero attached hydrogens (tertiary/aromatic N) is 1. The molecule has 1 aromatic heterocycles. The number of aliphatic hydroxyl groups excluding tert-OH is 1. The van der Waals surface area contributed by atoms with Crippen molar-refractivity contribution in [1.29, 1.82) is 0 Å². The molecule has 0 spiro atoms. The summed E-state index contributed by atoms with van der Waals surface area (Å²) in [7, 11) is 0. The maximum absolute atomic E-state index is 12.3. The summed E-state index contributed by atoms with van der Waals surface area (Å²) in [4.78, 5) is 12.3. The highest BCUT2D eigenvalue weighted by Gasteiger charge is 2.15. The number of carbonyl (C=O) groups is 1. The number of hydrogen-bond donors (Lipinski definition) is 3. The normalized spacial score (nSPS) is 12.3. The molecule has 0 saturated carbocycles. The highest BCUT2D eigenvalue weighted by molar-refractivity contribution is 6.05. The summed E-state index contributed by atoms with van der Waals surface area (Å²) in [5, 5.41) is 20.2. The quantitative estimate of drug-likeness (QED) is 0.640. The van der Waals surface area contributed by atoms with Gasteiger partial charge in [-0.05, 0) is 23.8 Å². The SMILES string of the molecule is O=C(NCC(O)c1cccc(OC(F)F)c1)c1cccc2cn[nH]c12. The van der Waals surface area contributed by atoms with Gasteiger partial charge in [0.25, 0.3) is 5.91 Å². The minimum atomic E-state index is -2.94. The lowest BCUT2D eigenvalue weighted by Gasteiger charge is -2.14. The van der Waals surface area contributed by atoms with Crippen LogP contribution in [0.3, 0.4) is 0 Å². The van der Waals surface area contributed by atoms with Gasteiger partial charge >= 0.3 is 6.61 Å². The van der Waals surface area contributed by atoms with Gasteiger partial charge in [-0.2, -0.15) is 13.9 Å². The van der Waals surface area contributed by atoms with Crippen LogP contribution < -0.4 is 10.1 Å². The molecular weight excluding hydrogens is 332 g/mol. The van der Waals surface area contributed by atoms with E-state index in [4.69, 9.17) is 0 Å². The maximum atomic E-state index is 12.3. The number of aromatic amines is 1. The molecule has 1 atom stereocenters. The Labute approximate surface area is 141 Å². The molecule has 0 fully saturated rings. The maximum Gasteiger partial charge on any atom is 0.387 e. The second kappa shape index (κ2) is 7.27. The number of H-pyrrole nitrogens is 1. The van der Waals surface area contributed by atoms with Crippen molar-refractivity contribution >= 4 is 16.8 Å². The van der Waals surface area contributed by atoms with E-state index in [1.807, 2.05) is 6.07 Å². The summed E-state index contributed by atoms with van der Waals surface area (Å²) in [5.41, 5.74) is 1.36. The van der Waals surface area contributed by atoms with Gasteiger partial charge in [-0.15, -0.1) is 0 Å². The van der Waals surface area contributed by atoms with Crippen molar-refractivity contribution in [3.63, 3.8) is 0 Å². The van der Waals surface area contributed by atoms with E-state index in [9.17, 15) is 18.7 Å². The van der Waals surface area contributed by atoms with Gasteiger partial charge in [-0.1, -0.05) is 24.3 Å². The zero-order valence-electron chi connectivity index (χ0n) is 12.9.